The first kappa shape index (κ1) is 13.4. The summed E-state index contributed by atoms with van der Waals surface area (Å²) in [6, 6.07) is 0. The highest BCUT2D eigenvalue weighted by Crippen LogP contribution is 2.19. The number of carboxylic acid groups (broad SMARTS) is 1. The fourth-order valence-electron chi connectivity index (χ4n) is 1.84. The van der Waals surface area contributed by atoms with Crippen molar-refractivity contribution in [3.05, 3.63) is 0 Å². The average molecular weight is 231 g/mol. The lowest BCUT2D eigenvalue weighted by Gasteiger charge is -2.12. The number of carboxylic acids is 1. The number of hydrogen-bond acceptors (Lipinski definition) is 4. The Kier molecular flexibility index (Phi) is 6.37. The molecule has 0 amide bonds. The quantitative estimate of drug-likeness (QED) is 0.526. The van der Waals surface area contributed by atoms with Gasteiger partial charge in [0.1, 0.15) is 0 Å². The van der Waals surface area contributed by atoms with E-state index in [4.69, 9.17) is 14.9 Å². The molecule has 0 radical (unpaired) electrons. The second-order valence-electron chi connectivity index (χ2n) is 4.15. The third-order valence-corrected chi connectivity index (χ3v) is 2.77. The van der Waals surface area contributed by atoms with E-state index in [2.05, 4.69) is 5.32 Å². The molecule has 0 saturated carbocycles. The van der Waals surface area contributed by atoms with Gasteiger partial charge in [-0.25, -0.2) is 4.79 Å². The number of unbranched alkanes of at least 4 members (excludes halogenated alkanes) is 2. The largest absolute Gasteiger partial charge is 0.479 e. The summed E-state index contributed by atoms with van der Waals surface area (Å²) in [7, 11) is 0. The summed E-state index contributed by atoms with van der Waals surface area (Å²) in [6.45, 7) is 1.88. The minimum Gasteiger partial charge on any atom is -0.479 e. The predicted molar refractivity (Wildman–Crippen MR) is 59.3 cm³/mol. The molecule has 0 aliphatic carbocycles. The number of ether oxygens (including phenoxy) is 1. The van der Waals surface area contributed by atoms with E-state index < -0.39 is 12.1 Å². The van der Waals surface area contributed by atoms with E-state index in [0.29, 0.717) is 6.42 Å². The lowest BCUT2D eigenvalue weighted by atomic mass is 10.2. The Balaban J connectivity index is 1.96. The molecule has 1 saturated heterocycles. The van der Waals surface area contributed by atoms with E-state index in [1.165, 1.54) is 0 Å². The van der Waals surface area contributed by atoms with Gasteiger partial charge in [-0.05, 0) is 38.6 Å². The highest BCUT2D eigenvalue weighted by atomic mass is 16.5. The van der Waals surface area contributed by atoms with Crippen LogP contribution in [-0.4, -0.2) is 48.1 Å². The second kappa shape index (κ2) is 7.60. The Morgan fingerprint density at radius 1 is 1.31 bits per heavy atom. The highest BCUT2D eigenvalue weighted by molar-refractivity contribution is 5.72. The normalized spacial score (nSPS) is 24.8. The van der Waals surface area contributed by atoms with E-state index in [9.17, 15) is 4.79 Å². The monoisotopic (exact) mass is 231 g/mol. The van der Waals surface area contributed by atoms with E-state index in [1.807, 2.05) is 0 Å². The lowest BCUT2D eigenvalue weighted by Crippen LogP contribution is -2.29. The Bertz CT molecular complexity index is 210. The van der Waals surface area contributed by atoms with Gasteiger partial charge in [-0.2, -0.15) is 0 Å². The Morgan fingerprint density at radius 3 is 2.75 bits per heavy atom. The van der Waals surface area contributed by atoms with Gasteiger partial charge in [0.05, 0.1) is 6.10 Å². The molecular formula is C11H21NO4. The number of carbonyl (C=O) groups is 1. The Hall–Kier alpha value is -0.650. The van der Waals surface area contributed by atoms with Crippen molar-refractivity contribution in [3.63, 3.8) is 0 Å². The molecule has 1 rings (SSSR count). The van der Waals surface area contributed by atoms with Crippen molar-refractivity contribution in [2.45, 2.75) is 44.3 Å². The van der Waals surface area contributed by atoms with Gasteiger partial charge < -0.3 is 20.3 Å². The van der Waals surface area contributed by atoms with Crippen LogP contribution in [0, 0.1) is 0 Å². The number of aliphatic hydroxyl groups excluding tert-OH is 1. The molecule has 1 fully saturated rings. The van der Waals surface area contributed by atoms with Crippen LogP contribution in [0.4, 0.5) is 0 Å². The standard InChI is InChI=1S/C11H21NO4/c13-7-3-1-2-6-12-8-9-4-5-10(16-9)11(14)15/h9-10,12-13H,1-8H2,(H,14,15). The zero-order chi connectivity index (χ0) is 11.8. The van der Waals surface area contributed by atoms with Gasteiger partial charge in [0.25, 0.3) is 0 Å². The van der Waals surface area contributed by atoms with Crippen LogP contribution >= 0.6 is 0 Å². The maximum atomic E-state index is 10.6. The molecule has 2 unspecified atom stereocenters. The van der Waals surface area contributed by atoms with Gasteiger partial charge in [-0.15, -0.1) is 0 Å². The van der Waals surface area contributed by atoms with Crippen LogP contribution in [-0.2, 0) is 9.53 Å². The van der Waals surface area contributed by atoms with Crippen molar-refractivity contribution in [3.8, 4) is 0 Å². The second-order valence-corrected chi connectivity index (χ2v) is 4.15. The number of rotatable bonds is 8. The number of aliphatic carboxylic acids is 1. The van der Waals surface area contributed by atoms with Crippen LogP contribution in [0.1, 0.15) is 32.1 Å². The minimum atomic E-state index is -0.856. The lowest BCUT2D eigenvalue weighted by molar-refractivity contribution is -0.149. The zero-order valence-electron chi connectivity index (χ0n) is 9.52. The van der Waals surface area contributed by atoms with Gasteiger partial charge in [-0.1, -0.05) is 0 Å². The van der Waals surface area contributed by atoms with Gasteiger partial charge in [0.15, 0.2) is 6.10 Å². The van der Waals surface area contributed by atoms with Crippen LogP contribution in [0.3, 0.4) is 0 Å². The average Bonchev–Trinajstić information content (AvgIpc) is 2.72. The first-order valence-corrected chi connectivity index (χ1v) is 5.94. The molecule has 1 aliphatic heterocycles. The van der Waals surface area contributed by atoms with Crippen LogP contribution < -0.4 is 5.32 Å². The fraction of sp³-hybridized carbons (Fsp3) is 0.909. The van der Waals surface area contributed by atoms with E-state index in [0.717, 1.165) is 38.8 Å². The van der Waals surface area contributed by atoms with E-state index >= 15 is 0 Å². The predicted octanol–water partition coefficient (Wildman–Crippen LogP) is 0.371. The molecule has 0 bridgehead atoms. The summed E-state index contributed by atoms with van der Waals surface area (Å²) in [5.41, 5.74) is 0. The highest BCUT2D eigenvalue weighted by Gasteiger charge is 2.29. The molecule has 16 heavy (non-hydrogen) atoms. The van der Waals surface area contributed by atoms with Crippen molar-refractivity contribution >= 4 is 5.97 Å². The topological polar surface area (TPSA) is 78.8 Å². The number of nitrogens with one attached hydrogen (secondary N) is 1. The molecule has 5 heteroatoms. The maximum Gasteiger partial charge on any atom is 0.332 e. The molecule has 0 aromatic carbocycles. The number of hydrogen-bond donors (Lipinski definition) is 3. The van der Waals surface area contributed by atoms with Gasteiger partial charge >= 0.3 is 5.97 Å². The smallest absolute Gasteiger partial charge is 0.332 e. The molecule has 0 aromatic heterocycles. The summed E-state index contributed by atoms with van der Waals surface area (Å²) in [5, 5.41) is 20.6. The molecule has 1 aliphatic rings. The van der Waals surface area contributed by atoms with Crippen molar-refractivity contribution in [1.82, 2.24) is 5.32 Å². The summed E-state index contributed by atoms with van der Waals surface area (Å²) in [5.74, 6) is -0.856. The van der Waals surface area contributed by atoms with Crippen molar-refractivity contribution < 1.29 is 19.7 Å². The molecular weight excluding hydrogens is 210 g/mol. The molecule has 94 valence electrons. The van der Waals surface area contributed by atoms with Gasteiger partial charge in [0.2, 0.25) is 0 Å². The molecule has 0 aromatic rings. The molecule has 5 nitrogen and oxygen atoms in total. The van der Waals surface area contributed by atoms with Crippen molar-refractivity contribution in [2.75, 3.05) is 19.7 Å². The first-order chi connectivity index (χ1) is 7.74. The molecule has 3 N–H and O–H groups in total. The van der Waals surface area contributed by atoms with Gasteiger partial charge in [-0.3, -0.25) is 0 Å². The van der Waals surface area contributed by atoms with Crippen LogP contribution in [0.15, 0.2) is 0 Å². The Labute approximate surface area is 95.8 Å². The Morgan fingerprint density at radius 2 is 2.12 bits per heavy atom. The van der Waals surface area contributed by atoms with Crippen LogP contribution in [0.25, 0.3) is 0 Å². The molecule has 2 atom stereocenters. The molecule has 0 spiro atoms. The zero-order valence-corrected chi connectivity index (χ0v) is 9.52. The minimum absolute atomic E-state index is 0.0407. The summed E-state index contributed by atoms with van der Waals surface area (Å²) in [4.78, 5) is 10.6. The first-order valence-electron chi connectivity index (χ1n) is 5.94. The maximum absolute atomic E-state index is 10.6. The summed E-state index contributed by atoms with van der Waals surface area (Å²) >= 11 is 0. The third kappa shape index (κ3) is 4.92. The summed E-state index contributed by atoms with van der Waals surface area (Å²) in [6.07, 6.45) is 3.78. The van der Waals surface area contributed by atoms with Crippen molar-refractivity contribution in [2.24, 2.45) is 0 Å². The van der Waals surface area contributed by atoms with E-state index in [-0.39, 0.29) is 12.7 Å². The molecule has 1 heterocycles. The number of aliphatic hydroxyl groups is 1. The van der Waals surface area contributed by atoms with Gasteiger partial charge in [0, 0.05) is 13.2 Å². The van der Waals surface area contributed by atoms with Crippen molar-refractivity contribution in [1.29, 1.82) is 0 Å². The van der Waals surface area contributed by atoms with Crippen LogP contribution in [0.5, 0.6) is 0 Å². The van der Waals surface area contributed by atoms with Crippen LogP contribution in [0.2, 0.25) is 0 Å². The summed E-state index contributed by atoms with van der Waals surface area (Å²) < 4.78 is 5.35. The SMILES string of the molecule is O=C(O)C1CCC(CNCCCCCO)O1. The van der Waals surface area contributed by atoms with E-state index in [1.54, 1.807) is 0 Å². The third-order valence-electron chi connectivity index (χ3n) is 2.77. The fourth-order valence-corrected chi connectivity index (χ4v) is 1.84.